The third-order valence-electron chi connectivity index (χ3n) is 5.56. The number of rotatable bonds is 4. The number of carbonyl (C=O) groups is 1. The number of fused-ring (bicyclic) bond motifs is 1. The Balaban J connectivity index is 1.63. The molecule has 1 fully saturated rings. The molecule has 138 valence electrons. The van der Waals surface area contributed by atoms with Crippen LogP contribution in [-0.4, -0.2) is 36.9 Å². The molecule has 2 aromatic rings. The first-order chi connectivity index (χ1) is 12.5. The quantitative estimate of drug-likeness (QED) is 0.841. The van der Waals surface area contributed by atoms with E-state index in [1.165, 1.54) is 4.68 Å². The minimum absolute atomic E-state index is 0.0211. The fourth-order valence-corrected chi connectivity index (χ4v) is 3.66. The van der Waals surface area contributed by atoms with Gasteiger partial charge in [-0.05, 0) is 26.2 Å². The van der Waals surface area contributed by atoms with Crippen molar-refractivity contribution in [2.45, 2.75) is 58.0 Å². The van der Waals surface area contributed by atoms with Crippen LogP contribution in [0.5, 0.6) is 0 Å². The molecule has 3 heterocycles. The molecule has 1 aliphatic carbocycles. The Morgan fingerprint density at radius 3 is 2.85 bits per heavy atom. The molecule has 26 heavy (non-hydrogen) atoms. The second-order valence-corrected chi connectivity index (χ2v) is 7.47. The molecule has 1 amide bonds. The van der Waals surface area contributed by atoms with Gasteiger partial charge in [0.1, 0.15) is 0 Å². The number of hydrogen-bond donors (Lipinski definition) is 0. The van der Waals surface area contributed by atoms with Gasteiger partial charge in [0, 0.05) is 50.1 Å². The monoisotopic (exact) mass is 355 g/mol. The summed E-state index contributed by atoms with van der Waals surface area (Å²) in [5.41, 5.74) is 3.45. The summed E-state index contributed by atoms with van der Waals surface area (Å²) in [6.45, 7) is 5.34. The average Bonchev–Trinajstić information content (AvgIpc) is 3.39. The Bertz CT molecular complexity index is 909. The van der Waals surface area contributed by atoms with Gasteiger partial charge >= 0.3 is 0 Å². The van der Waals surface area contributed by atoms with Crippen LogP contribution in [-0.2, 0) is 20.0 Å². The van der Waals surface area contributed by atoms with Crippen LogP contribution in [0.3, 0.4) is 0 Å². The number of nitrogens with zero attached hydrogens (tertiary/aromatic N) is 5. The summed E-state index contributed by atoms with van der Waals surface area (Å²) in [7, 11) is 1.66. The van der Waals surface area contributed by atoms with Crippen molar-refractivity contribution in [1.82, 2.24) is 24.5 Å². The molecule has 0 spiro atoms. The molecule has 0 aromatic carbocycles. The van der Waals surface area contributed by atoms with Crippen molar-refractivity contribution in [3.63, 3.8) is 0 Å². The van der Waals surface area contributed by atoms with Crippen LogP contribution in [0, 0.1) is 0 Å². The van der Waals surface area contributed by atoms with Gasteiger partial charge in [-0.15, -0.1) is 0 Å². The van der Waals surface area contributed by atoms with Gasteiger partial charge in [-0.3, -0.25) is 14.3 Å². The smallest absolute Gasteiger partial charge is 0.266 e. The van der Waals surface area contributed by atoms with Gasteiger partial charge in [-0.1, -0.05) is 6.92 Å². The molecule has 7 nitrogen and oxygen atoms in total. The predicted octanol–water partition coefficient (Wildman–Crippen LogP) is 2.02. The van der Waals surface area contributed by atoms with E-state index in [-0.39, 0.29) is 11.5 Å². The highest BCUT2D eigenvalue weighted by Gasteiger charge is 2.35. The van der Waals surface area contributed by atoms with E-state index in [0.29, 0.717) is 31.5 Å². The van der Waals surface area contributed by atoms with Gasteiger partial charge in [0.15, 0.2) is 0 Å². The normalized spacial score (nSPS) is 17.9. The van der Waals surface area contributed by atoms with E-state index in [0.717, 1.165) is 41.8 Å². The van der Waals surface area contributed by atoms with E-state index >= 15 is 0 Å². The van der Waals surface area contributed by atoms with Crippen LogP contribution in [0.1, 0.15) is 72.4 Å². The molecule has 0 saturated heterocycles. The van der Waals surface area contributed by atoms with Crippen molar-refractivity contribution in [2.24, 2.45) is 7.05 Å². The summed E-state index contributed by atoms with van der Waals surface area (Å²) in [4.78, 5) is 26.9. The van der Waals surface area contributed by atoms with Gasteiger partial charge in [0.25, 0.3) is 11.5 Å². The van der Waals surface area contributed by atoms with Crippen molar-refractivity contribution in [1.29, 1.82) is 0 Å². The van der Waals surface area contributed by atoms with Gasteiger partial charge in [0.05, 0.1) is 23.1 Å². The highest BCUT2D eigenvalue weighted by atomic mass is 16.2. The van der Waals surface area contributed by atoms with Crippen LogP contribution < -0.4 is 5.56 Å². The molecular formula is C19H25N5O2. The highest BCUT2D eigenvalue weighted by Crippen LogP contribution is 2.43. The Kier molecular flexibility index (Phi) is 4.17. The first-order valence-electron chi connectivity index (χ1n) is 9.42. The maximum absolute atomic E-state index is 13.2. The molecule has 2 aromatic heterocycles. The van der Waals surface area contributed by atoms with Gasteiger partial charge in [-0.25, -0.2) is 4.68 Å². The zero-order valence-corrected chi connectivity index (χ0v) is 15.6. The summed E-state index contributed by atoms with van der Waals surface area (Å²) < 4.78 is 3.40. The van der Waals surface area contributed by atoms with E-state index in [1.54, 1.807) is 19.3 Å². The lowest BCUT2D eigenvalue weighted by Crippen LogP contribution is -2.38. The van der Waals surface area contributed by atoms with E-state index < -0.39 is 0 Å². The van der Waals surface area contributed by atoms with Crippen molar-refractivity contribution in [3.8, 4) is 0 Å². The van der Waals surface area contributed by atoms with Crippen molar-refractivity contribution in [2.75, 3.05) is 6.54 Å². The number of amides is 1. The summed E-state index contributed by atoms with van der Waals surface area (Å²) in [5.74, 6) is 0.476. The minimum Gasteiger partial charge on any atom is -0.334 e. The van der Waals surface area contributed by atoms with Crippen molar-refractivity contribution in [3.05, 3.63) is 45.1 Å². The largest absolute Gasteiger partial charge is 0.334 e. The summed E-state index contributed by atoms with van der Waals surface area (Å²) in [6, 6.07) is 1.90. The SMILES string of the molecule is CCC(C)n1ncc(C(=O)N2CCc3nn(C)c(=O)cc3C2)c1C1CC1. The molecule has 1 unspecified atom stereocenters. The lowest BCUT2D eigenvalue weighted by Gasteiger charge is -2.28. The standard InChI is InChI=1S/C19H25N5O2/c1-4-12(2)24-18(13-5-6-13)15(10-20-24)19(26)23-8-7-16-14(11-23)9-17(25)22(3)21-16/h9-10,12-13H,4-8,11H2,1-3H3. The van der Waals surface area contributed by atoms with E-state index in [2.05, 4.69) is 24.0 Å². The molecule has 0 radical (unpaired) electrons. The van der Waals surface area contributed by atoms with E-state index in [9.17, 15) is 9.59 Å². The first-order valence-corrected chi connectivity index (χ1v) is 9.42. The Morgan fingerprint density at radius 1 is 1.38 bits per heavy atom. The van der Waals surface area contributed by atoms with Crippen LogP contribution in [0.15, 0.2) is 17.1 Å². The van der Waals surface area contributed by atoms with Gasteiger partial charge in [-0.2, -0.15) is 10.2 Å². The maximum Gasteiger partial charge on any atom is 0.266 e. The molecule has 1 aliphatic heterocycles. The number of carbonyl (C=O) groups excluding carboxylic acids is 1. The molecular weight excluding hydrogens is 330 g/mol. The number of hydrogen-bond acceptors (Lipinski definition) is 4. The third kappa shape index (κ3) is 2.85. The second-order valence-electron chi connectivity index (χ2n) is 7.47. The average molecular weight is 355 g/mol. The minimum atomic E-state index is -0.138. The predicted molar refractivity (Wildman–Crippen MR) is 97.1 cm³/mol. The van der Waals surface area contributed by atoms with Gasteiger partial charge < -0.3 is 4.90 Å². The van der Waals surface area contributed by atoms with E-state index in [4.69, 9.17) is 0 Å². The Labute approximate surface area is 152 Å². The van der Waals surface area contributed by atoms with Crippen LogP contribution in [0.25, 0.3) is 0 Å². The number of aryl methyl sites for hydroxylation is 1. The summed E-state index contributed by atoms with van der Waals surface area (Å²) >= 11 is 0. The molecule has 1 saturated carbocycles. The van der Waals surface area contributed by atoms with Crippen molar-refractivity contribution >= 4 is 5.91 Å². The molecule has 4 rings (SSSR count). The van der Waals surface area contributed by atoms with Crippen LogP contribution >= 0.6 is 0 Å². The van der Waals surface area contributed by atoms with E-state index in [1.807, 2.05) is 9.58 Å². The fourth-order valence-electron chi connectivity index (χ4n) is 3.66. The lowest BCUT2D eigenvalue weighted by atomic mass is 10.0. The zero-order valence-electron chi connectivity index (χ0n) is 15.6. The first kappa shape index (κ1) is 17.0. The number of aromatic nitrogens is 4. The summed E-state index contributed by atoms with van der Waals surface area (Å²) in [5, 5.41) is 8.86. The lowest BCUT2D eigenvalue weighted by molar-refractivity contribution is 0.0731. The molecule has 0 bridgehead atoms. The molecule has 0 N–H and O–H groups in total. The fraction of sp³-hybridized carbons (Fsp3) is 0.579. The third-order valence-corrected chi connectivity index (χ3v) is 5.56. The Morgan fingerprint density at radius 2 is 2.15 bits per heavy atom. The maximum atomic E-state index is 13.2. The molecule has 1 atom stereocenters. The van der Waals surface area contributed by atoms with Crippen LogP contribution in [0.4, 0.5) is 0 Å². The summed E-state index contributed by atoms with van der Waals surface area (Å²) in [6.07, 6.45) is 5.66. The Hall–Kier alpha value is -2.44. The molecule has 7 heteroatoms. The zero-order chi connectivity index (χ0) is 18.4. The molecule has 2 aliphatic rings. The second kappa shape index (κ2) is 6.37. The highest BCUT2D eigenvalue weighted by molar-refractivity contribution is 5.95. The van der Waals surface area contributed by atoms with Gasteiger partial charge in [0.2, 0.25) is 0 Å². The topological polar surface area (TPSA) is 73.0 Å². The van der Waals surface area contributed by atoms with Crippen molar-refractivity contribution < 1.29 is 4.79 Å². The van der Waals surface area contributed by atoms with Crippen LogP contribution in [0.2, 0.25) is 0 Å².